The van der Waals surface area contributed by atoms with Crippen molar-refractivity contribution >= 4 is 32.7 Å². The van der Waals surface area contributed by atoms with Gasteiger partial charge in [-0.1, -0.05) is 135 Å². The third kappa shape index (κ3) is 4.74. The Kier molecular flexibility index (Phi) is 6.74. The monoisotopic (exact) mass is 589 g/mol. The van der Waals surface area contributed by atoms with Crippen LogP contribution in [0.25, 0.3) is 77.2 Å². The van der Waals surface area contributed by atoms with Crippen LogP contribution < -0.4 is 0 Å². The van der Waals surface area contributed by atoms with E-state index in [9.17, 15) is 5.26 Å². The van der Waals surface area contributed by atoms with E-state index in [4.69, 9.17) is 4.42 Å². The van der Waals surface area contributed by atoms with Gasteiger partial charge in [0, 0.05) is 16.3 Å². The lowest BCUT2D eigenvalue weighted by molar-refractivity contribution is 0.670. The Bertz CT molecular complexity index is 2440. The fraction of sp³-hybridized carbons (Fsp3) is 0.0682. The van der Waals surface area contributed by atoms with Crippen LogP contribution in [0.4, 0.5) is 0 Å². The number of nitriles is 1. The van der Waals surface area contributed by atoms with E-state index >= 15 is 0 Å². The largest absolute Gasteiger partial charge is 0.455 e. The topological polar surface area (TPSA) is 36.9 Å². The van der Waals surface area contributed by atoms with Crippen molar-refractivity contribution < 1.29 is 4.42 Å². The maximum atomic E-state index is 10.0. The summed E-state index contributed by atoms with van der Waals surface area (Å²) in [6.07, 6.45) is 0. The van der Waals surface area contributed by atoms with Crippen LogP contribution >= 0.6 is 0 Å². The highest BCUT2D eigenvalue weighted by atomic mass is 16.3. The molecule has 0 amide bonds. The third-order valence-corrected chi connectivity index (χ3v) is 9.12. The number of hydrogen-bond donors (Lipinski definition) is 0. The molecule has 0 N–H and O–H groups in total. The van der Waals surface area contributed by atoms with Crippen molar-refractivity contribution in [3.05, 3.63) is 157 Å². The molecule has 8 aromatic rings. The molecule has 0 aliphatic heterocycles. The summed E-state index contributed by atoms with van der Waals surface area (Å²) in [4.78, 5) is 0. The summed E-state index contributed by atoms with van der Waals surface area (Å²) >= 11 is 0. The lowest BCUT2D eigenvalue weighted by Gasteiger charge is -2.14. The van der Waals surface area contributed by atoms with E-state index in [2.05, 4.69) is 135 Å². The smallest absolute Gasteiger partial charge is 0.143 e. The van der Waals surface area contributed by atoms with Crippen LogP contribution in [0.2, 0.25) is 0 Å². The first-order valence-corrected chi connectivity index (χ1v) is 15.8. The maximum Gasteiger partial charge on any atom is 0.143 e. The molecule has 218 valence electrons. The molecule has 2 heteroatoms. The number of rotatable bonds is 5. The van der Waals surface area contributed by atoms with E-state index in [0.717, 1.165) is 55.3 Å². The van der Waals surface area contributed by atoms with Crippen molar-refractivity contribution in [1.82, 2.24) is 0 Å². The molecule has 0 atom stereocenters. The lowest BCUT2D eigenvalue weighted by atomic mass is 9.89. The number of furan rings is 1. The van der Waals surface area contributed by atoms with Crippen LogP contribution in [0.5, 0.6) is 0 Å². The first-order chi connectivity index (χ1) is 22.6. The number of para-hydroxylation sites is 2. The molecule has 0 spiro atoms. The van der Waals surface area contributed by atoms with Gasteiger partial charge in [-0.15, -0.1) is 0 Å². The average molecular weight is 590 g/mol. The summed E-state index contributed by atoms with van der Waals surface area (Å²) in [5.74, 6) is 0.497. The molecule has 46 heavy (non-hydrogen) atoms. The lowest BCUT2D eigenvalue weighted by Crippen LogP contribution is -1.90. The van der Waals surface area contributed by atoms with E-state index in [0.29, 0.717) is 11.5 Å². The Hall–Kier alpha value is -5.91. The molecule has 1 aromatic heterocycles. The fourth-order valence-corrected chi connectivity index (χ4v) is 6.68. The molecule has 0 aliphatic rings. The summed E-state index contributed by atoms with van der Waals surface area (Å²) in [6, 6.07) is 53.5. The quantitative estimate of drug-likeness (QED) is 0.200. The van der Waals surface area contributed by atoms with Gasteiger partial charge < -0.3 is 4.42 Å². The molecular formula is C44H31NO. The molecular weight excluding hydrogens is 558 g/mol. The summed E-state index contributed by atoms with van der Waals surface area (Å²) in [5, 5.41) is 14.7. The molecule has 0 saturated carbocycles. The van der Waals surface area contributed by atoms with Crippen LogP contribution in [-0.4, -0.2) is 0 Å². The maximum absolute atomic E-state index is 10.0. The Morgan fingerprint density at radius 1 is 0.478 bits per heavy atom. The zero-order chi connectivity index (χ0) is 31.2. The number of benzene rings is 7. The molecule has 0 radical (unpaired) electrons. The predicted molar refractivity (Wildman–Crippen MR) is 192 cm³/mol. The van der Waals surface area contributed by atoms with Gasteiger partial charge in [-0.25, -0.2) is 0 Å². The zero-order valence-corrected chi connectivity index (χ0v) is 25.8. The Morgan fingerprint density at radius 3 is 1.74 bits per heavy atom. The minimum atomic E-state index is 0.497. The molecule has 0 unspecified atom stereocenters. The fourth-order valence-electron chi connectivity index (χ4n) is 6.68. The normalized spacial score (nSPS) is 11.4. The van der Waals surface area contributed by atoms with Crippen molar-refractivity contribution in [3.8, 4) is 50.6 Å². The van der Waals surface area contributed by atoms with Gasteiger partial charge in [0.05, 0.1) is 11.6 Å². The van der Waals surface area contributed by atoms with E-state index in [1.54, 1.807) is 0 Å². The summed E-state index contributed by atoms with van der Waals surface area (Å²) in [5.41, 5.74) is 12.6. The van der Waals surface area contributed by atoms with Gasteiger partial charge in [0.15, 0.2) is 0 Å². The second kappa shape index (κ2) is 11.2. The van der Waals surface area contributed by atoms with Crippen molar-refractivity contribution in [2.24, 2.45) is 0 Å². The molecule has 2 nitrogen and oxygen atoms in total. The van der Waals surface area contributed by atoms with Gasteiger partial charge in [0.2, 0.25) is 0 Å². The zero-order valence-electron chi connectivity index (χ0n) is 25.8. The van der Waals surface area contributed by atoms with Gasteiger partial charge in [0.25, 0.3) is 0 Å². The first-order valence-electron chi connectivity index (χ1n) is 15.8. The standard InChI is InChI=1S/C44H31NO/c1-28(2)30-14-18-32(19-15-30)36-22-23-37(40-9-4-3-8-39(36)40)35-25-29(27-45)24-34(26-35)31-16-20-33(21-17-31)38-11-7-12-42-41-10-5-6-13-43(41)46-44(38)42/h3-26,28H,1-2H3. The highest BCUT2D eigenvalue weighted by Crippen LogP contribution is 2.39. The van der Waals surface area contributed by atoms with Crippen molar-refractivity contribution in [2.75, 3.05) is 0 Å². The van der Waals surface area contributed by atoms with Crippen molar-refractivity contribution in [1.29, 1.82) is 5.26 Å². The highest BCUT2D eigenvalue weighted by Gasteiger charge is 2.14. The third-order valence-electron chi connectivity index (χ3n) is 9.12. The molecule has 0 aliphatic carbocycles. The second-order valence-corrected chi connectivity index (χ2v) is 12.3. The highest BCUT2D eigenvalue weighted by molar-refractivity contribution is 6.09. The van der Waals surface area contributed by atoms with Crippen LogP contribution in [0.1, 0.15) is 30.9 Å². The summed E-state index contributed by atoms with van der Waals surface area (Å²) < 4.78 is 6.30. The minimum Gasteiger partial charge on any atom is -0.455 e. The first kappa shape index (κ1) is 27.6. The van der Waals surface area contributed by atoms with E-state index in [1.165, 1.54) is 27.5 Å². The van der Waals surface area contributed by atoms with Crippen molar-refractivity contribution in [2.45, 2.75) is 19.8 Å². The molecule has 1 heterocycles. The SMILES string of the molecule is CC(C)c1ccc(-c2ccc(-c3cc(C#N)cc(-c4ccc(-c5cccc6c5oc5ccccc56)cc4)c3)c3ccccc23)cc1. The van der Waals surface area contributed by atoms with Crippen LogP contribution in [0.15, 0.2) is 150 Å². The molecule has 0 saturated heterocycles. The van der Waals surface area contributed by atoms with Crippen LogP contribution in [-0.2, 0) is 0 Å². The number of fused-ring (bicyclic) bond motifs is 4. The van der Waals surface area contributed by atoms with E-state index in [-0.39, 0.29) is 0 Å². The van der Waals surface area contributed by atoms with Gasteiger partial charge in [-0.2, -0.15) is 5.26 Å². The summed E-state index contributed by atoms with van der Waals surface area (Å²) in [6.45, 7) is 4.44. The minimum absolute atomic E-state index is 0.497. The Morgan fingerprint density at radius 2 is 1.04 bits per heavy atom. The molecule has 0 bridgehead atoms. The molecule has 8 rings (SSSR count). The van der Waals surface area contributed by atoms with Crippen LogP contribution in [0, 0.1) is 11.3 Å². The average Bonchev–Trinajstić information content (AvgIpc) is 3.50. The van der Waals surface area contributed by atoms with Gasteiger partial charge in [-0.3, -0.25) is 0 Å². The molecule has 7 aromatic carbocycles. The van der Waals surface area contributed by atoms with Gasteiger partial charge >= 0.3 is 0 Å². The second-order valence-electron chi connectivity index (χ2n) is 12.3. The summed E-state index contributed by atoms with van der Waals surface area (Å²) in [7, 11) is 0. The predicted octanol–water partition coefficient (Wildman–Crippen LogP) is 12.4. The van der Waals surface area contributed by atoms with Gasteiger partial charge in [0.1, 0.15) is 11.2 Å². The Labute approximate surface area is 268 Å². The number of nitrogens with zero attached hydrogens (tertiary/aromatic N) is 1. The van der Waals surface area contributed by atoms with E-state index < -0.39 is 0 Å². The Balaban J connectivity index is 1.19. The number of hydrogen-bond acceptors (Lipinski definition) is 2. The van der Waals surface area contributed by atoms with Crippen molar-refractivity contribution in [3.63, 3.8) is 0 Å². The van der Waals surface area contributed by atoms with Crippen LogP contribution in [0.3, 0.4) is 0 Å². The van der Waals surface area contributed by atoms with Gasteiger partial charge in [-0.05, 0) is 85.5 Å². The van der Waals surface area contributed by atoms with E-state index in [1.807, 2.05) is 30.3 Å². The molecule has 0 fully saturated rings.